The van der Waals surface area contributed by atoms with Gasteiger partial charge in [-0.05, 0) is 36.4 Å². The number of halogens is 4. The average Bonchev–Trinajstić information content (AvgIpc) is 2.53. The van der Waals surface area contributed by atoms with Gasteiger partial charge in [-0.3, -0.25) is 9.59 Å². The molecule has 0 aliphatic carbocycles. The number of benzene rings is 1. The molecule has 8 heteroatoms. The molecular weight excluding hydrogens is 345 g/mol. The van der Waals surface area contributed by atoms with Gasteiger partial charge in [-0.25, -0.2) is 4.98 Å². The molecule has 1 aromatic carbocycles. The fourth-order valence-corrected chi connectivity index (χ4v) is 1.97. The number of anilines is 1. The number of nitrogens with one attached hydrogen (secondary N) is 1. The van der Waals surface area contributed by atoms with Gasteiger partial charge in [-0.15, -0.1) is 0 Å². The van der Waals surface area contributed by atoms with E-state index in [4.69, 9.17) is 11.6 Å². The number of hydrogen-bond acceptors (Lipinski definition) is 3. The molecule has 2 rings (SSSR count). The van der Waals surface area contributed by atoms with Crippen LogP contribution in [0, 0.1) is 0 Å². The van der Waals surface area contributed by atoms with Gasteiger partial charge in [-0.1, -0.05) is 11.6 Å². The van der Waals surface area contributed by atoms with Gasteiger partial charge in [0.15, 0.2) is 5.78 Å². The van der Waals surface area contributed by atoms with Crippen molar-refractivity contribution in [2.45, 2.75) is 19.0 Å². The van der Waals surface area contributed by atoms with Gasteiger partial charge in [-0.2, -0.15) is 13.2 Å². The summed E-state index contributed by atoms with van der Waals surface area (Å²) < 4.78 is 37.2. The molecule has 126 valence electrons. The molecule has 0 unspecified atom stereocenters. The Bertz CT molecular complexity index is 728. The minimum Gasteiger partial charge on any atom is -0.311 e. The van der Waals surface area contributed by atoms with Gasteiger partial charge in [0.1, 0.15) is 5.82 Å². The van der Waals surface area contributed by atoms with E-state index in [0.717, 1.165) is 12.1 Å². The first-order valence-electron chi connectivity index (χ1n) is 6.87. The van der Waals surface area contributed by atoms with Gasteiger partial charge in [0, 0.05) is 29.6 Å². The van der Waals surface area contributed by atoms with Crippen molar-refractivity contribution in [3.8, 4) is 0 Å². The summed E-state index contributed by atoms with van der Waals surface area (Å²) in [6, 6.07) is 8.13. The zero-order valence-corrected chi connectivity index (χ0v) is 13.0. The zero-order valence-electron chi connectivity index (χ0n) is 12.2. The lowest BCUT2D eigenvalue weighted by molar-refractivity contribution is -0.137. The summed E-state index contributed by atoms with van der Waals surface area (Å²) in [5, 5.41) is 2.84. The predicted octanol–water partition coefficient (Wildman–Crippen LogP) is 4.36. The molecule has 1 amide bonds. The van der Waals surface area contributed by atoms with Crippen LogP contribution in [0.1, 0.15) is 28.8 Å². The highest BCUT2D eigenvalue weighted by atomic mass is 35.5. The molecule has 0 bridgehead atoms. The molecule has 24 heavy (non-hydrogen) atoms. The Morgan fingerprint density at radius 1 is 1.04 bits per heavy atom. The quantitative estimate of drug-likeness (QED) is 0.810. The van der Waals surface area contributed by atoms with Crippen LogP contribution in [0.3, 0.4) is 0 Å². The minimum atomic E-state index is -4.49. The number of aromatic nitrogens is 1. The number of rotatable bonds is 5. The fraction of sp³-hybridized carbons (Fsp3) is 0.188. The van der Waals surface area contributed by atoms with E-state index in [9.17, 15) is 22.8 Å². The van der Waals surface area contributed by atoms with Gasteiger partial charge in [0.25, 0.3) is 0 Å². The molecule has 4 nitrogen and oxygen atoms in total. The van der Waals surface area contributed by atoms with Crippen molar-refractivity contribution in [3.05, 3.63) is 58.7 Å². The maximum absolute atomic E-state index is 12.4. The smallest absolute Gasteiger partial charge is 0.311 e. The molecular formula is C16H12ClF3N2O2. The SMILES string of the molecule is O=C(CCC(=O)c1ccc(Cl)cc1)Nc1ccc(C(F)(F)F)cn1. The number of alkyl halides is 3. The summed E-state index contributed by atoms with van der Waals surface area (Å²) in [6.45, 7) is 0. The van der Waals surface area contributed by atoms with Crippen LogP contribution in [0.4, 0.5) is 19.0 Å². The van der Waals surface area contributed by atoms with Gasteiger partial charge < -0.3 is 5.32 Å². The first kappa shape index (κ1) is 17.9. The Morgan fingerprint density at radius 2 is 1.71 bits per heavy atom. The maximum Gasteiger partial charge on any atom is 0.417 e. The Balaban J connectivity index is 1.87. The molecule has 0 aliphatic rings. The number of nitrogens with zero attached hydrogens (tertiary/aromatic N) is 1. The fourth-order valence-electron chi connectivity index (χ4n) is 1.85. The number of amides is 1. The van der Waals surface area contributed by atoms with Crippen molar-refractivity contribution in [1.82, 2.24) is 4.98 Å². The molecule has 2 aromatic rings. The molecule has 0 atom stereocenters. The topological polar surface area (TPSA) is 59.1 Å². The van der Waals surface area contributed by atoms with E-state index in [2.05, 4.69) is 10.3 Å². The van der Waals surface area contributed by atoms with Crippen molar-refractivity contribution < 1.29 is 22.8 Å². The minimum absolute atomic E-state index is 0.00746. The lowest BCUT2D eigenvalue weighted by Crippen LogP contribution is -2.15. The lowest BCUT2D eigenvalue weighted by atomic mass is 10.1. The van der Waals surface area contributed by atoms with Gasteiger partial charge in [0.2, 0.25) is 5.91 Å². The van der Waals surface area contributed by atoms with E-state index in [1.54, 1.807) is 24.3 Å². The number of carbonyl (C=O) groups excluding carboxylic acids is 2. The Labute approximate surface area is 140 Å². The van der Waals surface area contributed by atoms with Crippen molar-refractivity contribution in [2.24, 2.45) is 0 Å². The van der Waals surface area contributed by atoms with Crippen LogP contribution < -0.4 is 5.32 Å². The molecule has 1 aromatic heterocycles. The normalized spacial score (nSPS) is 11.2. The highest BCUT2D eigenvalue weighted by molar-refractivity contribution is 6.30. The first-order valence-corrected chi connectivity index (χ1v) is 7.25. The zero-order chi connectivity index (χ0) is 17.7. The number of carbonyl (C=O) groups is 2. The maximum atomic E-state index is 12.4. The molecule has 0 saturated heterocycles. The number of Topliss-reactive ketones (excluding diaryl/α,β-unsaturated/α-hetero) is 1. The van der Waals surface area contributed by atoms with E-state index in [0.29, 0.717) is 16.8 Å². The van der Waals surface area contributed by atoms with Gasteiger partial charge in [0.05, 0.1) is 5.56 Å². The monoisotopic (exact) mass is 356 g/mol. The standard InChI is InChI=1S/C16H12ClF3N2O2/c17-12-4-1-10(2-5-12)13(23)6-8-15(24)22-14-7-3-11(9-21-14)16(18,19)20/h1-5,7,9H,6,8H2,(H,21,22,24). The van der Waals surface area contributed by atoms with Crippen molar-refractivity contribution in [3.63, 3.8) is 0 Å². The third-order valence-electron chi connectivity index (χ3n) is 3.10. The molecule has 0 fully saturated rings. The van der Waals surface area contributed by atoms with Gasteiger partial charge >= 0.3 is 6.18 Å². The Morgan fingerprint density at radius 3 is 2.25 bits per heavy atom. The van der Waals surface area contributed by atoms with Crippen LogP contribution >= 0.6 is 11.6 Å². The summed E-state index contributed by atoms with van der Waals surface area (Å²) >= 11 is 5.72. The second-order valence-corrected chi connectivity index (χ2v) is 5.34. The van der Waals surface area contributed by atoms with E-state index < -0.39 is 17.6 Å². The number of pyridine rings is 1. The molecule has 0 aliphatic heterocycles. The predicted molar refractivity (Wildman–Crippen MR) is 82.9 cm³/mol. The summed E-state index contributed by atoms with van der Waals surface area (Å²) in [5.74, 6) is -0.751. The number of ketones is 1. The van der Waals surface area contributed by atoms with Crippen LogP contribution in [0.2, 0.25) is 5.02 Å². The number of hydrogen-bond donors (Lipinski definition) is 1. The largest absolute Gasteiger partial charge is 0.417 e. The summed E-state index contributed by atoms with van der Waals surface area (Å²) in [6.07, 6.45) is -3.99. The summed E-state index contributed by atoms with van der Waals surface area (Å²) in [4.78, 5) is 27.2. The van der Waals surface area contributed by atoms with Crippen molar-refractivity contribution >= 4 is 29.1 Å². The van der Waals surface area contributed by atoms with E-state index in [1.165, 1.54) is 0 Å². The Hall–Kier alpha value is -2.41. The molecule has 1 heterocycles. The van der Waals surface area contributed by atoms with Crippen molar-refractivity contribution in [2.75, 3.05) is 5.32 Å². The molecule has 0 spiro atoms. The van der Waals surface area contributed by atoms with Crippen LogP contribution in [0.5, 0.6) is 0 Å². The lowest BCUT2D eigenvalue weighted by Gasteiger charge is -2.08. The highest BCUT2D eigenvalue weighted by Crippen LogP contribution is 2.28. The van der Waals surface area contributed by atoms with Crippen LogP contribution in [0.15, 0.2) is 42.6 Å². The second kappa shape index (κ2) is 7.44. The van der Waals surface area contributed by atoms with E-state index in [1.807, 2.05) is 0 Å². The van der Waals surface area contributed by atoms with Crippen LogP contribution in [-0.2, 0) is 11.0 Å². The second-order valence-electron chi connectivity index (χ2n) is 4.91. The third-order valence-corrected chi connectivity index (χ3v) is 3.36. The molecule has 1 N–H and O–H groups in total. The van der Waals surface area contributed by atoms with Crippen molar-refractivity contribution in [1.29, 1.82) is 0 Å². The Kier molecular flexibility index (Phi) is 5.56. The highest BCUT2D eigenvalue weighted by Gasteiger charge is 2.30. The van der Waals surface area contributed by atoms with E-state index in [-0.39, 0.29) is 24.4 Å². The summed E-state index contributed by atoms with van der Waals surface area (Å²) in [7, 11) is 0. The third kappa shape index (κ3) is 5.06. The van der Waals surface area contributed by atoms with E-state index >= 15 is 0 Å². The van der Waals surface area contributed by atoms with Crippen LogP contribution in [0.25, 0.3) is 0 Å². The van der Waals surface area contributed by atoms with Crippen LogP contribution in [-0.4, -0.2) is 16.7 Å². The molecule has 0 radical (unpaired) electrons. The first-order chi connectivity index (χ1) is 11.3. The average molecular weight is 357 g/mol. The molecule has 0 saturated carbocycles. The summed E-state index contributed by atoms with van der Waals surface area (Å²) in [5.41, 5.74) is -0.474.